The Bertz CT molecular complexity index is 1020. The fourth-order valence-corrected chi connectivity index (χ4v) is 3.72. The first kappa shape index (κ1) is 15.5. The van der Waals surface area contributed by atoms with Crippen LogP contribution in [0.5, 0.6) is 0 Å². The molecule has 3 heterocycles. The molecule has 0 aliphatic carbocycles. The van der Waals surface area contributed by atoms with Crippen molar-refractivity contribution in [2.24, 2.45) is 7.05 Å². The quantitative estimate of drug-likeness (QED) is 0.613. The van der Waals surface area contributed by atoms with Gasteiger partial charge in [-0.3, -0.25) is 14.5 Å². The number of hydrogen-bond acceptors (Lipinski definition) is 4. The molecule has 124 valence electrons. The van der Waals surface area contributed by atoms with E-state index in [2.05, 4.69) is 15.4 Å². The first-order valence-electron chi connectivity index (χ1n) is 7.90. The van der Waals surface area contributed by atoms with Gasteiger partial charge in [0, 0.05) is 36.2 Å². The van der Waals surface area contributed by atoms with Crippen molar-refractivity contribution in [3.05, 3.63) is 71.5 Å². The summed E-state index contributed by atoms with van der Waals surface area (Å²) in [5.74, 6) is -0.0674. The van der Waals surface area contributed by atoms with Gasteiger partial charge in [-0.05, 0) is 29.1 Å². The van der Waals surface area contributed by atoms with Crippen LogP contribution in [0.4, 0.5) is 0 Å². The summed E-state index contributed by atoms with van der Waals surface area (Å²) in [6.07, 6.45) is 5.44. The van der Waals surface area contributed by atoms with Crippen LogP contribution in [0.1, 0.15) is 15.2 Å². The lowest BCUT2D eigenvalue weighted by Gasteiger charge is -2.08. The number of carbonyl (C=O) groups is 1. The Hall–Kier alpha value is -2.99. The molecule has 0 atom stereocenters. The summed E-state index contributed by atoms with van der Waals surface area (Å²) in [7, 11) is 1.87. The second-order valence-corrected chi connectivity index (χ2v) is 6.83. The van der Waals surface area contributed by atoms with E-state index in [9.17, 15) is 4.79 Å². The highest BCUT2D eigenvalue weighted by Gasteiger charge is 2.12. The maximum atomic E-state index is 12.5. The van der Waals surface area contributed by atoms with E-state index < -0.39 is 0 Å². The molecule has 0 spiro atoms. The van der Waals surface area contributed by atoms with Crippen LogP contribution in [0.2, 0.25) is 0 Å². The third-order valence-electron chi connectivity index (χ3n) is 3.96. The molecule has 1 N–H and O–H groups in total. The lowest BCUT2D eigenvalue weighted by molar-refractivity contribution is 0.0955. The van der Waals surface area contributed by atoms with Gasteiger partial charge >= 0.3 is 0 Å². The van der Waals surface area contributed by atoms with Crippen LogP contribution < -0.4 is 5.32 Å². The summed E-state index contributed by atoms with van der Waals surface area (Å²) < 4.78 is 2.86. The SMILES string of the molecule is Cn1cc(-c2ncccc2CNC(=O)c2cc3ccccc3s2)cn1. The van der Waals surface area contributed by atoms with Crippen molar-refractivity contribution >= 4 is 27.3 Å². The number of nitrogens with zero attached hydrogens (tertiary/aromatic N) is 3. The number of hydrogen-bond donors (Lipinski definition) is 1. The zero-order chi connectivity index (χ0) is 17.2. The van der Waals surface area contributed by atoms with E-state index in [1.165, 1.54) is 11.3 Å². The van der Waals surface area contributed by atoms with Crippen LogP contribution in [0.3, 0.4) is 0 Å². The molecule has 0 aliphatic heterocycles. The smallest absolute Gasteiger partial charge is 0.261 e. The second kappa shape index (κ2) is 6.49. The lowest BCUT2D eigenvalue weighted by Crippen LogP contribution is -2.22. The summed E-state index contributed by atoms with van der Waals surface area (Å²) in [5.41, 5.74) is 2.74. The van der Waals surface area contributed by atoms with Gasteiger partial charge in [0.25, 0.3) is 5.91 Å². The number of pyridine rings is 1. The van der Waals surface area contributed by atoms with Crippen molar-refractivity contribution in [1.82, 2.24) is 20.1 Å². The van der Waals surface area contributed by atoms with Crippen molar-refractivity contribution in [3.8, 4) is 11.3 Å². The van der Waals surface area contributed by atoms with Gasteiger partial charge in [-0.25, -0.2) is 0 Å². The maximum absolute atomic E-state index is 12.5. The van der Waals surface area contributed by atoms with Gasteiger partial charge in [0.2, 0.25) is 0 Å². The van der Waals surface area contributed by atoms with Crippen LogP contribution in [-0.4, -0.2) is 20.7 Å². The molecule has 3 aromatic heterocycles. The van der Waals surface area contributed by atoms with Gasteiger partial charge < -0.3 is 5.32 Å². The minimum atomic E-state index is -0.0674. The molecule has 0 fully saturated rings. The minimum absolute atomic E-state index is 0.0674. The Balaban J connectivity index is 1.54. The molecule has 0 aliphatic rings. The topological polar surface area (TPSA) is 59.8 Å². The third-order valence-corrected chi connectivity index (χ3v) is 5.07. The van der Waals surface area contributed by atoms with Crippen molar-refractivity contribution in [1.29, 1.82) is 0 Å². The molecule has 0 radical (unpaired) electrons. The van der Waals surface area contributed by atoms with Crippen LogP contribution >= 0.6 is 11.3 Å². The zero-order valence-electron chi connectivity index (χ0n) is 13.6. The monoisotopic (exact) mass is 348 g/mol. The van der Waals surface area contributed by atoms with E-state index in [1.807, 2.05) is 55.7 Å². The zero-order valence-corrected chi connectivity index (χ0v) is 14.5. The van der Waals surface area contributed by atoms with E-state index in [1.54, 1.807) is 17.1 Å². The fourth-order valence-electron chi connectivity index (χ4n) is 2.74. The van der Waals surface area contributed by atoms with E-state index in [-0.39, 0.29) is 5.91 Å². The van der Waals surface area contributed by atoms with E-state index in [4.69, 9.17) is 0 Å². The van der Waals surface area contributed by atoms with E-state index >= 15 is 0 Å². The van der Waals surface area contributed by atoms with E-state index in [0.717, 1.165) is 26.9 Å². The summed E-state index contributed by atoms with van der Waals surface area (Å²) in [6, 6.07) is 13.8. The van der Waals surface area contributed by atoms with Gasteiger partial charge in [-0.15, -0.1) is 11.3 Å². The van der Waals surface area contributed by atoms with Gasteiger partial charge in [0.15, 0.2) is 0 Å². The van der Waals surface area contributed by atoms with Gasteiger partial charge in [-0.2, -0.15) is 5.10 Å². The van der Waals surface area contributed by atoms with Crippen LogP contribution in [0, 0.1) is 0 Å². The van der Waals surface area contributed by atoms with Crippen LogP contribution in [-0.2, 0) is 13.6 Å². The predicted octanol–water partition coefficient (Wildman–Crippen LogP) is 3.63. The summed E-state index contributed by atoms with van der Waals surface area (Å²) >= 11 is 1.50. The predicted molar refractivity (Wildman–Crippen MR) is 99.4 cm³/mol. The van der Waals surface area contributed by atoms with Crippen molar-refractivity contribution in [3.63, 3.8) is 0 Å². The molecule has 0 saturated heterocycles. The lowest BCUT2D eigenvalue weighted by atomic mass is 10.1. The second-order valence-electron chi connectivity index (χ2n) is 5.74. The van der Waals surface area contributed by atoms with Crippen molar-refractivity contribution in [2.45, 2.75) is 6.54 Å². The number of thiophene rings is 1. The molecular formula is C19H16N4OS. The fraction of sp³-hybridized carbons (Fsp3) is 0.105. The normalized spacial score (nSPS) is 10.9. The number of aromatic nitrogens is 3. The standard InChI is InChI=1S/C19H16N4OS/c1-23-12-15(11-22-23)18-14(6-4-8-20-18)10-21-19(24)17-9-13-5-2-3-7-16(13)25-17/h2-9,11-12H,10H2,1H3,(H,21,24). The van der Waals surface area contributed by atoms with Gasteiger partial charge in [0.05, 0.1) is 16.8 Å². The van der Waals surface area contributed by atoms with Crippen molar-refractivity contribution < 1.29 is 4.79 Å². The molecule has 4 aromatic rings. The maximum Gasteiger partial charge on any atom is 0.261 e. The van der Waals surface area contributed by atoms with Crippen LogP contribution in [0.15, 0.2) is 61.1 Å². The number of rotatable bonds is 4. The number of nitrogens with one attached hydrogen (secondary N) is 1. The number of carbonyl (C=O) groups excluding carboxylic acids is 1. The number of fused-ring (bicyclic) bond motifs is 1. The molecule has 0 saturated carbocycles. The number of aryl methyl sites for hydroxylation is 1. The highest BCUT2D eigenvalue weighted by molar-refractivity contribution is 7.20. The molecule has 0 bridgehead atoms. The molecular weight excluding hydrogens is 332 g/mol. The molecule has 1 aromatic carbocycles. The Labute approximate surface area is 149 Å². The Morgan fingerprint density at radius 2 is 2.12 bits per heavy atom. The summed E-state index contributed by atoms with van der Waals surface area (Å²) in [4.78, 5) is 17.7. The molecule has 4 rings (SSSR count). The Kier molecular flexibility index (Phi) is 4.03. The Morgan fingerprint density at radius 1 is 1.24 bits per heavy atom. The highest BCUT2D eigenvalue weighted by atomic mass is 32.1. The third kappa shape index (κ3) is 3.16. The molecule has 1 amide bonds. The first-order chi connectivity index (χ1) is 12.2. The summed E-state index contributed by atoms with van der Waals surface area (Å²) in [5, 5.41) is 8.28. The van der Waals surface area contributed by atoms with Gasteiger partial charge in [-0.1, -0.05) is 24.3 Å². The summed E-state index contributed by atoms with van der Waals surface area (Å²) in [6.45, 7) is 0.422. The molecule has 6 heteroatoms. The number of amides is 1. The van der Waals surface area contributed by atoms with Gasteiger partial charge in [0.1, 0.15) is 0 Å². The molecule has 25 heavy (non-hydrogen) atoms. The largest absolute Gasteiger partial charge is 0.347 e. The minimum Gasteiger partial charge on any atom is -0.347 e. The molecule has 0 unspecified atom stereocenters. The average molecular weight is 348 g/mol. The highest BCUT2D eigenvalue weighted by Crippen LogP contribution is 2.25. The number of benzene rings is 1. The van der Waals surface area contributed by atoms with Crippen molar-refractivity contribution in [2.75, 3.05) is 0 Å². The van der Waals surface area contributed by atoms with Crippen LogP contribution in [0.25, 0.3) is 21.3 Å². The molecule has 5 nitrogen and oxygen atoms in total. The first-order valence-corrected chi connectivity index (χ1v) is 8.72. The Morgan fingerprint density at radius 3 is 2.92 bits per heavy atom. The average Bonchev–Trinajstić information content (AvgIpc) is 3.26. The van der Waals surface area contributed by atoms with E-state index in [0.29, 0.717) is 11.4 Å².